The van der Waals surface area contributed by atoms with Gasteiger partial charge in [0.25, 0.3) is 0 Å². The number of H-pyrrole nitrogens is 1. The molecule has 0 bridgehead atoms. The van der Waals surface area contributed by atoms with Gasteiger partial charge in [-0.15, -0.1) is 0 Å². The van der Waals surface area contributed by atoms with Crippen LogP contribution in [0.3, 0.4) is 0 Å². The highest BCUT2D eigenvalue weighted by molar-refractivity contribution is 5.96. The molecule has 4 aromatic rings. The Morgan fingerprint density at radius 3 is 2.43 bits per heavy atom. The van der Waals surface area contributed by atoms with Crippen LogP contribution >= 0.6 is 0 Å². The normalized spacial score (nSPS) is 11.3. The minimum Gasteiger partial charge on any atom is -0.507 e. The van der Waals surface area contributed by atoms with Crippen LogP contribution in [-0.4, -0.2) is 65.0 Å². The highest BCUT2D eigenvalue weighted by Gasteiger charge is 2.28. The third-order valence-electron chi connectivity index (χ3n) is 6.72. The summed E-state index contributed by atoms with van der Waals surface area (Å²) in [6.07, 6.45) is 0.694. The lowest BCUT2D eigenvalue weighted by atomic mass is 10.0. The van der Waals surface area contributed by atoms with Crippen molar-refractivity contribution in [2.75, 3.05) is 25.6 Å². The number of phenolic OH excluding ortho intramolecular Hbond substituents is 1. The Labute approximate surface area is 283 Å². The van der Waals surface area contributed by atoms with Crippen LogP contribution in [0.1, 0.15) is 60.8 Å². The van der Waals surface area contributed by atoms with E-state index in [2.05, 4.69) is 38.0 Å². The molecule has 49 heavy (non-hydrogen) atoms. The maximum Gasteiger partial charge on any atom is 0.408 e. The molecule has 13 heteroatoms. The maximum absolute atomic E-state index is 13.2. The molecular weight excluding hydrogens is 630 g/mol. The fourth-order valence-corrected chi connectivity index (χ4v) is 4.53. The van der Waals surface area contributed by atoms with Gasteiger partial charge in [0.05, 0.1) is 43.3 Å². The third kappa shape index (κ3) is 9.85. The number of phenols is 1. The Bertz CT molecular complexity index is 1880. The van der Waals surface area contributed by atoms with Crippen molar-refractivity contribution < 1.29 is 38.5 Å². The number of esters is 1. The molecule has 1 heterocycles. The summed E-state index contributed by atoms with van der Waals surface area (Å²) in [4.78, 5) is 50.7. The fourth-order valence-electron chi connectivity index (χ4n) is 4.53. The lowest BCUT2D eigenvalue weighted by molar-refractivity contribution is -0.125. The first kappa shape index (κ1) is 35.6. The molecule has 0 spiro atoms. The fraction of sp³-hybridized carbons (Fsp3) is 0.250. The van der Waals surface area contributed by atoms with Gasteiger partial charge in [-0.1, -0.05) is 30.0 Å². The van der Waals surface area contributed by atoms with Gasteiger partial charge in [0.15, 0.2) is 0 Å². The number of alkyl carbamates (subject to hydrolysis) is 1. The highest BCUT2D eigenvalue weighted by Crippen LogP contribution is 2.31. The molecule has 0 fully saturated rings. The molecular formula is C36H37N5O8. The van der Waals surface area contributed by atoms with Crippen LogP contribution in [0, 0.1) is 11.8 Å². The number of para-hydroxylation sites is 1. The summed E-state index contributed by atoms with van der Waals surface area (Å²) in [5.74, 6) is 4.67. The zero-order valence-corrected chi connectivity index (χ0v) is 27.7. The van der Waals surface area contributed by atoms with Crippen molar-refractivity contribution in [2.24, 2.45) is 0 Å². The van der Waals surface area contributed by atoms with E-state index in [0.717, 1.165) is 0 Å². The first-order valence-corrected chi connectivity index (χ1v) is 15.2. The van der Waals surface area contributed by atoms with E-state index in [1.54, 1.807) is 76.2 Å². The van der Waals surface area contributed by atoms with Crippen molar-refractivity contribution in [3.63, 3.8) is 0 Å². The topological polar surface area (TPSA) is 181 Å². The molecule has 1 aromatic heterocycles. The van der Waals surface area contributed by atoms with Crippen LogP contribution in [0.4, 0.5) is 10.5 Å². The number of anilines is 1. The average Bonchev–Trinajstić information content (AvgIpc) is 3.53. The minimum atomic E-state index is -1.20. The smallest absolute Gasteiger partial charge is 0.408 e. The number of rotatable bonds is 10. The van der Waals surface area contributed by atoms with Crippen LogP contribution in [0.2, 0.25) is 0 Å². The number of hydrogen-bond acceptors (Lipinski definition) is 9. The maximum atomic E-state index is 13.2. The largest absolute Gasteiger partial charge is 0.507 e. The Kier molecular flexibility index (Phi) is 11.6. The second-order valence-electron chi connectivity index (χ2n) is 11.5. The van der Waals surface area contributed by atoms with Gasteiger partial charge in [0.1, 0.15) is 23.1 Å². The number of aromatic nitrogens is 2. The number of aromatic amines is 1. The van der Waals surface area contributed by atoms with E-state index in [1.807, 2.05) is 0 Å². The molecule has 0 aliphatic heterocycles. The van der Waals surface area contributed by atoms with E-state index >= 15 is 0 Å². The molecule has 13 nitrogen and oxygen atoms in total. The number of methoxy groups -OCH3 is 1. The van der Waals surface area contributed by atoms with Crippen molar-refractivity contribution in [1.29, 1.82) is 0 Å². The quantitative estimate of drug-likeness (QED) is 0.118. The van der Waals surface area contributed by atoms with Crippen molar-refractivity contribution in [3.05, 3.63) is 95.2 Å². The van der Waals surface area contributed by atoms with Crippen LogP contribution in [0.25, 0.3) is 11.3 Å². The molecule has 4 rings (SSSR count). The number of carbonyl (C=O) groups is 4. The Morgan fingerprint density at radius 2 is 1.73 bits per heavy atom. The van der Waals surface area contributed by atoms with E-state index in [4.69, 9.17) is 14.2 Å². The molecule has 5 N–H and O–H groups in total. The number of nitrogens with zero attached hydrogens (tertiary/aromatic N) is 1. The minimum absolute atomic E-state index is 0.0637. The van der Waals surface area contributed by atoms with Gasteiger partial charge in [0, 0.05) is 22.4 Å². The summed E-state index contributed by atoms with van der Waals surface area (Å²) in [6.45, 7) is 6.65. The summed E-state index contributed by atoms with van der Waals surface area (Å²) in [5, 5.41) is 25.1. The van der Waals surface area contributed by atoms with Crippen LogP contribution in [0.15, 0.2) is 72.9 Å². The first-order chi connectivity index (χ1) is 23.4. The van der Waals surface area contributed by atoms with E-state index in [0.29, 0.717) is 39.4 Å². The zero-order valence-electron chi connectivity index (χ0n) is 27.7. The molecule has 0 aliphatic rings. The van der Waals surface area contributed by atoms with E-state index in [-0.39, 0.29) is 24.5 Å². The SMILES string of the molecule is CCOC(=O)c1ccc(O)c(-c2[nH]ncc2C#Cc2ccc(NC(=O)CNC(=O)[C@H](NC(=O)OC(C)(C)C)c3ccccc3OC)cc2)c1. The second kappa shape index (κ2) is 16.0. The van der Waals surface area contributed by atoms with Gasteiger partial charge in [-0.3, -0.25) is 14.7 Å². The molecule has 3 aromatic carbocycles. The molecule has 1 atom stereocenters. The molecule has 3 amide bonds. The van der Waals surface area contributed by atoms with E-state index in [9.17, 15) is 24.3 Å². The summed E-state index contributed by atoms with van der Waals surface area (Å²) in [6, 6.07) is 16.6. The third-order valence-corrected chi connectivity index (χ3v) is 6.72. The monoisotopic (exact) mass is 667 g/mol. The number of amides is 3. The van der Waals surface area contributed by atoms with Crippen molar-refractivity contribution in [1.82, 2.24) is 20.8 Å². The van der Waals surface area contributed by atoms with Gasteiger partial charge in [-0.25, -0.2) is 9.59 Å². The number of nitrogens with one attached hydrogen (secondary N) is 4. The molecule has 254 valence electrons. The standard InChI is InChI=1S/C36H37N5O8/c1-6-48-34(45)23-15-18-28(42)27(19-23)31-24(20-38-41-31)14-11-22-12-16-25(17-13-22)39-30(43)21-37-33(44)32(40-35(46)49-36(2,3)4)26-9-7-8-10-29(26)47-5/h7-10,12-13,15-20,32,42H,6,21H2,1-5H3,(H,37,44)(H,38,41)(H,39,43)(H,40,46)/t32-/m1/s1. The summed E-state index contributed by atoms with van der Waals surface area (Å²) >= 11 is 0. The van der Waals surface area contributed by atoms with Crippen molar-refractivity contribution in [2.45, 2.75) is 39.3 Å². The van der Waals surface area contributed by atoms with Crippen LogP contribution < -0.4 is 20.7 Å². The first-order valence-electron chi connectivity index (χ1n) is 15.2. The van der Waals surface area contributed by atoms with Crippen molar-refractivity contribution in [3.8, 4) is 34.6 Å². The van der Waals surface area contributed by atoms with Crippen LogP contribution in [-0.2, 0) is 19.1 Å². The predicted octanol–water partition coefficient (Wildman–Crippen LogP) is 4.69. The Hall–Kier alpha value is -6.29. The molecule has 0 radical (unpaired) electrons. The zero-order chi connectivity index (χ0) is 35.6. The summed E-state index contributed by atoms with van der Waals surface area (Å²) in [5.41, 5.74) is 2.20. The summed E-state index contributed by atoms with van der Waals surface area (Å²) in [7, 11) is 1.45. The highest BCUT2D eigenvalue weighted by atomic mass is 16.6. The molecule has 0 saturated carbocycles. The lowest BCUT2D eigenvalue weighted by Gasteiger charge is -2.24. The predicted molar refractivity (Wildman–Crippen MR) is 181 cm³/mol. The lowest BCUT2D eigenvalue weighted by Crippen LogP contribution is -2.44. The molecule has 0 aliphatic carbocycles. The molecule has 0 saturated heterocycles. The van der Waals surface area contributed by atoms with E-state index in [1.165, 1.54) is 31.5 Å². The number of ether oxygens (including phenoxy) is 3. The second-order valence-corrected chi connectivity index (χ2v) is 11.5. The number of carbonyl (C=O) groups excluding carboxylic acids is 4. The Morgan fingerprint density at radius 1 is 1.00 bits per heavy atom. The molecule has 0 unspecified atom stereocenters. The van der Waals surface area contributed by atoms with Gasteiger partial charge < -0.3 is 35.3 Å². The number of benzene rings is 3. The van der Waals surface area contributed by atoms with Gasteiger partial charge in [0.2, 0.25) is 11.8 Å². The van der Waals surface area contributed by atoms with Gasteiger partial charge in [-0.2, -0.15) is 5.10 Å². The van der Waals surface area contributed by atoms with Gasteiger partial charge in [-0.05, 0) is 76.2 Å². The van der Waals surface area contributed by atoms with Gasteiger partial charge >= 0.3 is 12.1 Å². The number of aromatic hydroxyl groups is 1. The summed E-state index contributed by atoms with van der Waals surface area (Å²) < 4.78 is 15.7. The van der Waals surface area contributed by atoms with Crippen molar-refractivity contribution >= 4 is 29.6 Å². The average molecular weight is 668 g/mol. The van der Waals surface area contributed by atoms with Crippen LogP contribution in [0.5, 0.6) is 11.5 Å². The van der Waals surface area contributed by atoms with E-state index < -0.39 is 35.5 Å². The Balaban J connectivity index is 1.40. The number of hydrogen-bond donors (Lipinski definition) is 5.